The topological polar surface area (TPSA) is 59.5 Å². The number of hydrogen-bond acceptors (Lipinski definition) is 3. The van der Waals surface area contributed by atoms with Crippen molar-refractivity contribution in [2.45, 2.75) is 20.4 Å². The van der Waals surface area contributed by atoms with E-state index >= 15 is 0 Å². The van der Waals surface area contributed by atoms with Gasteiger partial charge in [0, 0.05) is 12.2 Å². The molecular formula is C15H18N2O2. The van der Waals surface area contributed by atoms with Crippen molar-refractivity contribution in [3.05, 3.63) is 53.5 Å². The highest BCUT2D eigenvalue weighted by atomic mass is 16.3. The third kappa shape index (κ3) is 2.96. The number of nitrogen functional groups attached to an aromatic ring is 1. The number of furan rings is 1. The number of carbonyl (C=O) groups is 1. The molecule has 0 spiro atoms. The molecule has 2 rings (SSSR count). The van der Waals surface area contributed by atoms with Crippen LogP contribution in [0.3, 0.4) is 0 Å². The Morgan fingerprint density at radius 1 is 1.26 bits per heavy atom. The van der Waals surface area contributed by atoms with Crippen LogP contribution >= 0.6 is 0 Å². The first kappa shape index (κ1) is 13.2. The van der Waals surface area contributed by atoms with E-state index in [-0.39, 0.29) is 5.91 Å². The zero-order chi connectivity index (χ0) is 13.8. The molecule has 2 aromatic rings. The number of benzene rings is 1. The average molecular weight is 258 g/mol. The fourth-order valence-corrected chi connectivity index (χ4v) is 1.95. The SMILES string of the molecule is CCN(Cc1ccc(C)o1)C(=O)c1ccccc1N. The number of amides is 1. The van der Waals surface area contributed by atoms with E-state index in [1.807, 2.05) is 38.1 Å². The lowest BCUT2D eigenvalue weighted by molar-refractivity contribution is 0.0742. The summed E-state index contributed by atoms with van der Waals surface area (Å²) in [6.45, 7) is 4.88. The Morgan fingerprint density at radius 3 is 2.58 bits per heavy atom. The van der Waals surface area contributed by atoms with Crippen LogP contribution in [0.4, 0.5) is 5.69 Å². The van der Waals surface area contributed by atoms with Gasteiger partial charge in [0.15, 0.2) is 0 Å². The number of carbonyl (C=O) groups excluding carboxylic acids is 1. The molecule has 0 bridgehead atoms. The lowest BCUT2D eigenvalue weighted by Crippen LogP contribution is -2.30. The summed E-state index contributed by atoms with van der Waals surface area (Å²) in [5.74, 6) is 1.55. The van der Waals surface area contributed by atoms with E-state index in [0.29, 0.717) is 24.3 Å². The van der Waals surface area contributed by atoms with E-state index in [4.69, 9.17) is 10.2 Å². The maximum atomic E-state index is 12.4. The number of para-hydroxylation sites is 1. The monoisotopic (exact) mass is 258 g/mol. The zero-order valence-electron chi connectivity index (χ0n) is 11.2. The first-order chi connectivity index (χ1) is 9.11. The number of aryl methyl sites for hydroxylation is 1. The predicted molar refractivity (Wildman–Crippen MR) is 74.7 cm³/mol. The highest BCUT2D eigenvalue weighted by Gasteiger charge is 2.17. The standard InChI is InChI=1S/C15H18N2O2/c1-3-17(10-12-9-8-11(2)19-12)15(18)13-6-4-5-7-14(13)16/h4-9H,3,10,16H2,1-2H3. The molecule has 4 heteroatoms. The van der Waals surface area contributed by atoms with Crippen LogP contribution in [0, 0.1) is 6.92 Å². The van der Waals surface area contributed by atoms with Crippen molar-refractivity contribution in [1.82, 2.24) is 4.90 Å². The molecule has 0 aliphatic carbocycles. The number of hydrogen-bond donors (Lipinski definition) is 1. The van der Waals surface area contributed by atoms with Gasteiger partial charge in [0.05, 0.1) is 12.1 Å². The number of rotatable bonds is 4. The molecule has 1 heterocycles. The van der Waals surface area contributed by atoms with Crippen molar-refractivity contribution in [2.75, 3.05) is 12.3 Å². The van der Waals surface area contributed by atoms with Gasteiger partial charge >= 0.3 is 0 Å². The summed E-state index contributed by atoms with van der Waals surface area (Å²) in [5.41, 5.74) is 6.88. The molecule has 19 heavy (non-hydrogen) atoms. The van der Waals surface area contributed by atoms with Crippen LogP contribution in [0.2, 0.25) is 0 Å². The van der Waals surface area contributed by atoms with E-state index in [0.717, 1.165) is 11.5 Å². The van der Waals surface area contributed by atoms with Crippen LogP contribution in [0.1, 0.15) is 28.8 Å². The van der Waals surface area contributed by atoms with Gasteiger partial charge in [-0.1, -0.05) is 12.1 Å². The summed E-state index contributed by atoms with van der Waals surface area (Å²) in [5, 5.41) is 0. The fourth-order valence-electron chi connectivity index (χ4n) is 1.95. The summed E-state index contributed by atoms with van der Waals surface area (Å²) < 4.78 is 5.51. The predicted octanol–water partition coefficient (Wildman–Crippen LogP) is 2.83. The quantitative estimate of drug-likeness (QED) is 0.858. The maximum absolute atomic E-state index is 12.4. The van der Waals surface area contributed by atoms with Crippen LogP contribution in [0.25, 0.3) is 0 Å². The minimum absolute atomic E-state index is 0.0744. The second-order valence-corrected chi connectivity index (χ2v) is 4.42. The van der Waals surface area contributed by atoms with Gasteiger partial charge in [-0.05, 0) is 38.1 Å². The summed E-state index contributed by atoms with van der Waals surface area (Å²) in [7, 11) is 0. The smallest absolute Gasteiger partial charge is 0.256 e. The molecule has 100 valence electrons. The Balaban J connectivity index is 2.18. The average Bonchev–Trinajstić information content (AvgIpc) is 2.81. The molecule has 0 saturated heterocycles. The molecule has 0 fully saturated rings. The third-order valence-electron chi connectivity index (χ3n) is 3.00. The van der Waals surface area contributed by atoms with E-state index in [1.54, 1.807) is 17.0 Å². The van der Waals surface area contributed by atoms with Gasteiger partial charge in [-0.25, -0.2) is 0 Å². The van der Waals surface area contributed by atoms with Crippen molar-refractivity contribution in [3.63, 3.8) is 0 Å². The van der Waals surface area contributed by atoms with Crippen molar-refractivity contribution < 1.29 is 9.21 Å². The lowest BCUT2D eigenvalue weighted by Gasteiger charge is -2.20. The van der Waals surface area contributed by atoms with Crippen LogP contribution in [-0.4, -0.2) is 17.4 Å². The molecule has 1 aromatic heterocycles. The van der Waals surface area contributed by atoms with Crippen molar-refractivity contribution in [3.8, 4) is 0 Å². The van der Waals surface area contributed by atoms with Gasteiger partial charge in [-0.2, -0.15) is 0 Å². The molecule has 0 unspecified atom stereocenters. The molecule has 0 aliphatic rings. The molecule has 0 radical (unpaired) electrons. The van der Waals surface area contributed by atoms with Crippen LogP contribution < -0.4 is 5.73 Å². The molecule has 4 nitrogen and oxygen atoms in total. The van der Waals surface area contributed by atoms with E-state index in [1.165, 1.54) is 0 Å². The zero-order valence-corrected chi connectivity index (χ0v) is 11.2. The Labute approximate surface area is 112 Å². The Morgan fingerprint density at radius 2 is 2.00 bits per heavy atom. The molecule has 1 aromatic carbocycles. The van der Waals surface area contributed by atoms with E-state index in [2.05, 4.69) is 0 Å². The highest BCUT2D eigenvalue weighted by Crippen LogP contribution is 2.16. The summed E-state index contributed by atoms with van der Waals surface area (Å²) in [6, 6.07) is 10.9. The molecule has 0 saturated carbocycles. The number of nitrogens with two attached hydrogens (primary N) is 1. The normalized spacial score (nSPS) is 10.4. The highest BCUT2D eigenvalue weighted by molar-refractivity contribution is 5.99. The van der Waals surface area contributed by atoms with Crippen LogP contribution in [0.5, 0.6) is 0 Å². The minimum atomic E-state index is -0.0744. The Bertz CT molecular complexity index is 575. The summed E-state index contributed by atoms with van der Waals surface area (Å²) >= 11 is 0. The first-order valence-electron chi connectivity index (χ1n) is 6.31. The van der Waals surface area contributed by atoms with Gasteiger partial charge in [0.1, 0.15) is 11.5 Å². The number of anilines is 1. The van der Waals surface area contributed by atoms with Crippen molar-refractivity contribution >= 4 is 11.6 Å². The van der Waals surface area contributed by atoms with Crippen molar-refractivity contribution in [2.24, 2.45) is 0 Å². The maximum Gasteiger partial charge on any atom is 0.256 e. The third-order valence-corrected chi connectivity index (χ3v) is 3.00. The Kier molecular flexibility index (Phi) is 3.90. The first-order valence-corrected chi connectivity index (χ1v) is 6.31. The van der Waals surface area contributed by atoms with Crippen LogP contribution in [0.15, 0.2) is 40.8 Å². The van der Waals surface area contributed by atoms with Gasteiger partial charge in [-0.15, -0.1) is 0 Å². The molecular weight excluding hydrogens is 240 g/mol. The van der Waals surface area contributed by atoms with Crippen molar-refractivity contribution in [1.29, 1.82) is 0 Å². The lowest BCUT2D eigenvalue weighted by atomic mass is 10.1. The van der Waals surface area contributed by atoms with E-state index in [9.17, 15) is 4.79 Å². The van der Waals surface area contributed by atoms with Gasteiger partial charge in [0.25, 0.3) is 5.91 Å². The van der Waals surface area contributed by atoms with Gasteiger partial charge < -0.3 is 15.1 Å². The van der Waals surface area contributed by atoms with Crippen LogP contribution in [-0.2, 0) is 6.54 Å². The largest absolute Gasteiger partial charge is 0.464 e. The summed E-state index contributed by atoms with van der Waals surface area (Å²) in [6.07, 6.45) is 0. The second-order valence-electron chi connectivity index (χ2n) is 4.42. The minimum Gasteiger partial charge on any atom is -0.464 e. The fraction of sp³-hybridized carbons (Fsp3) is 0.267. The second kappa shape index (κ2) is 5.61. The summed E-state index contributed by atoms with van der Waals surface area (Å²) in [4.78, 5) is 14.1. The Hall–Kier alpha value is -2.23. The van der Waals surface area contributed by atoms with Gasteiger partial charge in [-0.3, -0.25) is 4.79 Å². The molecule has 1 amide bonds. The van der Waals surface area contributed by atoms with E-state index < -0.39 is 0 Å². The number of nitrogens with zero attached hydrogens (tertiary/aromatic N) is 1. The molecule has 0 aliphatic heterocycles. The molecule has 0 atom stereocenters. The molecule has 2 N–H and O–H groups in total. The van der Waals surface area contributed by atoms with Gasteiger partial charge in [0.2, 0.25) is 0 Å².